The summed E-state index contributed by atoms with van der Waals surface area (Å²) in [5.41, 5.74) is 2.59. The van der Waals surface area contributed by atoms with E-state index >= 15 is 0 Å². The van der Waals surface area contributed by atoms with Crippen LogP contribution >= 0.6 is 0 Å². The molecule has 3 heteroatoms. The summed E-state index contributed by atoms with van der Waals surface area (Å²) in [6.07, 6.45) is 1.11. The Morgan fingerprint density at radius 1 is 1.50 bits per heavy atom. The smallest absolute Gasteiger partial charge is 0.122 e. The molecular formula is C13H19NO2. The molecule has 0 amide bonds. The summed E-state index contributed by atoms with van der Waals surface area (Å²) in [5, 5.41) is 3.16. The van der Waals surface area contributed by atoms with E-state index in [9.17, 15) is 0 Å². The van der Waals surface area contributed by atoms with Crippen LogP contribution < -0.4 is 10.1 Å². The number of hydrogen-bond donors (Lipinski definition) is 1. The molecule has 2 rings (SSSR count). The Morgan fingerprint density at radius 3 is 3.12 bits per heavy atom. The van der Waals surface area contributed by atoms with Crippen LogP contribution in [0.5, 0.6) is 5.75 Å². The zero-order chi connectivity index (χ0) is 11.4. The van der Waals surface area contributed by atoms with Crippen LogP contribution in [0.1, 0.15) is 24.2 Å². The molecule has 0 radical (unpaired) electrons. The molecule has 0 spiro atoms. The van der Waals surface area contributed by atoms with E-state index in [1.165, 1.54) is 11.1 Å². The van der Waals surface area contributed by atoms with Crippen molar-refractivity contribution in [1.29, 1.82) is 0 Å². The average Bonchev–Trinajstić information content (AvgIpc) is 2.31. The van der Waals surface area contributed by atoms with E-state index in [0.29, 0.717) is 6.61 Å². The van der Waals surface area contributed by atoms with Crippen molar-refractivity contribution in [2.45, 2.75) is 19.4 Å². The average molecular weight is 221 g/mol. The van der Waals surface area contributed by atoms with Gasteiger partial charge in [-0.05, 0) is 32.0 Å². The van der Waals surface area contributed by atoms with E-state index in [-0.39, 0.29) is 6.10 Å². The lowest BCUT2D eigenvalue weighted by molar-refractivity contribution is 0.0429. The highest BCUT2D eigenvalue weighted by Gasteiger charge is 2.22. The number of ether oxygens (including phenoxy) is 2. The van der Waals surface area contributed by atoms with Gasteiger partial charge in [-0.15, -0.1) is 0 Å². The standard InChI is InChI=1S/C13H19NO2/c1-3-15-12-6-4-5-10-11(12)7-8-16-13(10)9-14-2/h4-6,13-14H,3,7-9H2,1-2H3/t13-/m0/s1. The molecular weight excluding hydrogens is 202 g/mol. The number of fused-ring (bicyclic) bond motifs is 1. The van der Waals surface area contributed by atoms with Gasteiger partial charge in [0, 0.05) is 12.1 Å². The van der Waals surface area contributed by atoms with E-state index < -0.39 is 0 Å². The lowest BCUT2D eigenvalue weighted by atomic mass is 9.96. The summed E-state index contributed by atoms with van der Waals surface area (Å²) < 4.78 is 11.4. The van der Waals surface area contributed by atoms with Crippen molar-refractivity contribution in [3.63, 3.8) is 0 Å². The van der Waals surface area contributed by atoms with Crippen molar-refractivity contribution in [3.8, 4) is 5.75 Å². The molecule has 0 bridgehead atoms. The van der Waals surface area contributed by atoms with Gasteiger partial charge in [-0.1, -0.05) is 12.1 Å². The molecule has 1 N–H and O–H groups in total. The molecule has 88 valence electrons. The van der Waals surface area contributed by atoms with Crippen molar-refractivity contribution in [1.82, 2.24) is 5.32 Å². The zero-order valence-corrected chi connectivity index (χ0v) is 9.95. The van der Waals surface area contributed by atoms with E-state index in [1.54, 1.807) is 0 Å². The Kier molecular flexibility index (Phi) is 3.80. The van der Waals surface area contributed by atoms with E-state index in [4.69, 9.17) is 9.47 Å². The Hall–Kier alpha value is -1.06. The minimum Gasteiger partial charge on any atom is -0.494 e. The minimum atomic E-state index is 0.161. The number of likely N-dealkylation sites (N-methyl/N-ethyl adjacent to an activating group) is 1. The molecule has 0 saturated heterocycles. The highest BCUT2D eigenvalue weighted by atomic mass is 16.5. The quantitative estimate of drug-likeness (QED) is 0.842. The predicted octanol–water partition coefficient (Wildman–Crippen LogP) is 1.92. The SMILES string of the molecule is CCOc1cccc2c1CCO[C@H]2CNC. The molecule has 0 aliphatic carbocycles. The van der Waals surface area contributed by atoms with Crippen LogP contribution in [0.15, 0.2) is 18.2 Å². The maximum atomic E-state index is 5.76. The maximum Gasteiger partial charge on any atom is 0.122 e. The molecule has 1 aliphatic heterocycles. The van der Waals surface area contributed by atoms with E-state index in [1.807, 2.05) is 26.1 Å². The fraction of sp³-hybridized carbons (Fsp3) is 0.538. The van der Waals surface area contributed by atoms with Gasteiger partial charge in [0.2, 0.25) is 0 Å². The molecule has 3 nitrogen and oxygen atoms in total. The topological polar surface area (TPSA) is 30.5 Å². The first-order chi connectivity index (χ1) is 7.86. The highest BCUT2D eigenvalue weighted by Crippen LogP contribution is 2.32. The molecule has 1 aromatic carbocycles. The second kappa shape index (κ2) is 5.32. The van der Waals surface area contributed by atoms with Gasteiger partial charge in [0.05, 0.1) is 19.3 Å². The normalized spacial score (nSPS) is 19.2. The number of benzene rings is 1. The third kappa shape index (κ3) is 2.20. The van der Waals surface area contributed by atoms with Crippen LogP contribution in [-0.2, 0) is 11.2 Å². The first-order valence-electron chi connectivity index (χ1n) is 5.87. The van der Waals surface area contributed by atoms with Gasteiger partial charge in [0.15, 0.2) is 0 Å². The predicted molar refractivity (Wildman–Crippen MR) is 63.9 cm³/mol. The molecule has 0 fully saturated rings. The molecule has 0 unspecified atom stereocenters. The Morgan fingerprint density at radius 2 is 2.38 bits per heavy atom. The van der Waals surface area contributed by atoms with Crippen molar-refractivity contribution >= 4 is 0 Å². The van der Waals surface area contributed by atoms with Gasteiger partial charge >= 0.3 is 0 Å². The third-order valence-electron chi connectivity index (χ3n) is 2.88. The number of hydrogen-bond acceptors (Lipinski definition) is 3. The van der Waals surface area contributed by atoms with Gasteiger partial charge in [-0.2, -0.15) is 0 Å². The van der Waals surface area contributed by atoms with Gasteiger partial charge in [-0.3, -0.25) is 0 Å². The van der Waals surface area contributed by atoms with Gasteiger partial charge in [0.1, 0.15) is 5.75 Å². The summed E-state index contributed by atoms with van der Waals surface area (Å²) >= 11 is 0. The first kappa shape index (κ1) is 11.4. The fourth-order valence-electron chi connectivity index (χ4n) is 2.19. The molecule has 0 aromatic heterocycles. The zero-order valence-electron chi connectivity index (χ0n) is 9.95. The Balaban J connectivity index is 2.30. The Bertz CT molecular complexity index is 352. The van der Waals surface area contributed by atoms with Crippen LogP contribution in [0.3, 0.4) is 0 Å². The molecule has 1 heterocycles. The van der Waals surface area contributed by atoms with Crippen LogP contribution in [0.2, 0.25) is 0 Å². The summed E-state index contributed by atoms with van der Waals surface area (Å²) in [6.45, 7) is 4.36. The number of nitrogens with one attached hydrogen (secondary N) is 1. The maximum absolute atomic E-state index is 5.76. The lowest BCUT2D eigenvalue weighted by Crippen LogP contribution is -2.25. The molecule has 0 saturated carbocycles. The summed E-state index contributed by atoms with van der Waals surface area (Å²) in [7, 11) is 1.95. The van der Waals surface area contributed by atoms with Gasteiger partial charge in [0.25, 0.3) is 0 Å². The second-order valence-electron chi connectivity index (χ2n) is 3.92. The van der Waals surface area contributed by atoms with Gasteiger partial charge in [-0.25, -0.2) is 0 Å². The molecule has 1 aromatic rings. The fourth-order valence-corrected chi connectivity index (χ4v) is 2.19. The number of rotatable bonds is 4. The van der Waals surface area contributed by atoms with Gasteiger partial charge < -0.3 is 14.8 Å². The minimum absolute atomic E-state index is 0.161. The molecule has 16 heavy (non-hydrogen) atoms. The van der Waals surface area contributed by atoms with Crippen molar-refractivity contribution < 1.29 is 9.47 Å². The van der Waals surface area contributed by atoms with Crippen molar-refractivity contribution in [3.05, 3.63) is 29.3 Å². The summed E-state index contributed by atoms with van der Waals surface area (Å²) in [6, 6.07) is 6.23. The van der Waals surface area contributed by atoms with Crippen LogP contribution in [0.25, 0.3) is 0 Å². The van der Waals surface area contributed by atoms with E-state index in [2.05, 4.69) is 11.4 Å². The Labute approximate surface area is 96.8 Å². The molecule has 1 aliphatic rings. The summed E-state index contributed by atoms with van der Waals surface area (Å²) in [5.74, 6) is 1.02. The monoisotopic (exact) mass is 221 g/mol. The third-order valence-corrected chi connectivity index (χ3v) is 2.88. The van der Waals surface area contributed by atoms with E-state index in [0.717, 1.165) is 25.3 Å². The van der Waals surface area contributed by atoms with Crippen LogP contribution in [0, 0.1) is 0 Å². The van der Waals surface area contributed by atoms with Crippen molar-refractivity contribution in [2.24, 2.45) is 0 Å². The molecule has 1 atom stereocenters. The first-order valence-corrected chi connectivity index (χ1v) is 5.87. The van der Waals surface area contributed by atoms with Crippen molar-refractivity contribution in [2.75, 3.05) is 26.8 Å². The van der Waals surface area contributed by atoms with Crippen LogP contribution in [0.4, 0.5) is 0 Å². The van der Waals surface area contributed by atoms with Crippen LogP contribution in [-0.4, -0.2) is 26.8 Å². The highest BCUT2D eigenvalue weighted by molar-refractivity contribution is 5.42. The largest absolute Gasteiger partial charge is 0.494 e. The summed E-state index contributed by atoms with van der Waals surface area (Å²) in [4.78, 5) is 0. The second-order valence-corrected chi connectivity index (χ2v) is 3.92. The lowest BCUT2D eigenvalue weighted by Gasteiger charge is -2.27.